The number of fused-ring (bicyclic) bond motifs is 1. The fourth-order valence-electron chi connectivity index (χ4n) is 4.02. The molecule has 6 heteroatoms. The van der Waals surface area contributed by atoms with Crippen LogP contribution in [-0.4, -0.2) is 56.4 Å². The van der Waals surface area contributed by atoms with Gasteiger partial charge in [0.05, 0.1) is 0 Å². The van der Waals surface area contributed by atoms with Gasteiger partial charge in [-0.1, -0.05) is 13.8 Å². The molecule has 2 aliphatic rings. The summed E-state index contributed by atoms with van der Waals surface area (Å²) in [5, 5.41) is 0. The molecule has 1 fully saturated rings. The minimum Gasteiger partial charge on any atom is -0.302 e. The number of likely N-dealkylation sites (tertiary alicyclic amines) is 1. The average Bonchev–Trinajstić information content (AvgIpc) is 2.68. The number of hydrogen-bond acceptors (Lipinski definition) is 6. The first-order chi connectivity index (χ1) is 13.1. The van der Waals surface area contributed by atoms with Crippen molar-refractivity contribution < 1.29 is 0 Å². The lowest BCUT2D eigenvalue weighted by Crippen LogP contribution is -2.33. The molecule has 0 spiro atoms. The Labute approximate surface area is 162 Å². The second-order valence-corrected chi connectivity index (χ2v) is 8.34. The third kappa shape index (κ3) is 4.33. The molecule has 27 heavy (non-hydrogen) atoms. The van der Waals surface area contributed by atoms with Crippen molar-refractivity contribution in [1.82, 2.24) is 29.7 Å². The van der Waals surface area contributed by atoms with Crippen LogP contribution in [0.25, 0.3) is 0 Å². The monoisotopic (exact) mass is 366 g/mol. The number of hydrogen-bond donors (Lipinski definition) is 0. The largest absolute Gasteiger partial charge is 0.302 e. The third-order valence-electron chi connectivity index (χ3n) is 5.74. The van der Waals surface area contributed by atoms with E-state index in [0.29, 0.717) is 11.8 Å². The number of rotatable bonds is 4. The van der Waals surface area contributed by atoms with Crippen LogP contribution in [0.4, 0.5) is 0 Å². The molecule has 2 aliphatic heterocycles. The molecule has 0 aliphatic carbocycles. The molecule has 6 nitrogen and oxygen atoms in total. The molecule has 0 aromatic carbocycles. The fraction of sp³-hybridized carbons (Fsp3) is 0.619. The number of piperidine rings is 1. The van der Waals surface area contributed by atoms with Gasteiger partial charge < -0.3 is 4.90 Å². The molecule has 144 valence electrons. The Bertz CT molecular complexity index is 765. The van der Waals surface area contributed by atoms with E-state index in [1.165, 1.54) is 16.8 Å². The van der Waals surface area contributed by atoms with Gasteiger partial charge in [0.1, 0.15) is 11.6 Å². The summed E-state index contributed by atoms with van der Waals surface area (Å²) >= 11 is 0. The van der Waals surface area contributed by atoms with Crippen molar-refractivity contribution >= 4 is 0 Å². The Morgan fingerprint density at radius 1 is 1.04 bits per heavy atom. The zero-order chi connectivity index (χ0) is 18.8. The molecule has 0 amide bonds. The van der Waals surface area contributed by atoms with Crippen LogP contribution in [-0.2, 0) is 19.5 Å². The first-order valence-corrected chi connectivity index (χ1v) is 10.1. The maximum Gasteiger partial charge on any atom is 0.131 e. The minimum atomic E-state index is 0.381. The minimum absolute atomic E-state index is 0.381. The molecule has 0 saturated carbocycles. The van der Waals surface area contributed by atoms with Crippen LogP contribution in [0.2, 0.25) is 0 Å². The van der Waals surface area contributed by atoms with Crippen molar-refractivity contribution in [3.8, 4) is 0 Å². The predicted octanol–water partition coefficient (Wildman–Crippen LogP) is 2.76. The van der Waals surface area contributed by atoms with E-state index < -0.39 is 0 Å². The highest BCUT2D eigenvalue weighted by Gasteiger charge is 2.24. The van der Waals surface area contributed by atoms with Gasteiger partial charge in [-0.3, -0.25) is 4.90 Å². The summed E-state index contributed by atoms with van der Waals surface area (Å²) in [7, 11) is 2.16. The molecule has 4 rings (SSSR count). The van der Waals surface area contributed by atoms with Gasteiger partial charge in [0.15, 0.2) is 0 Å². The summed E-state index contributed by atoms with van der Waals surface area (Å²) in [6.45, 7) is 9.43. The molecule has 4 heterocycles. The summed E-state index contributed by atoms with van der Waals surface area (Å²) in [5.74, 6) is 2.85. The van der Waals surface area contributed by atoms with Gasteiger partial charge in [-0.2, -0.15) is 0 Å². The summed E-state index contributed by atoms with van der Waals surface area (Å²) in [4.78, 5) is 23.5. The van der Waals surface area contributed by atoms with Gasteiger partial charge in [0.2, 0.25) is 0 Å². The third-order valence-corrected chi connectivity index (χ3v) is 5.74. The molecule has 0 radical (unpaired) electrons. The quantitative estimate of drug-likeness (QED) is 0.829. The highest BCUT2D eigenvalue weighted by atomic mass is 15.1. The molecule has 0 bridgehead atoms. The second-order valence-electron chi connectivity index (χ2n) is 8.34. The lowest BCUT2D eigenvalue weighted by atomic mass is 9.95. The van der Waals surface area contributed by atoms with Crippen molar-refractivity contribution in [2.45, 2.75) is 58.0 Å². The van der Waals surface area contributed by atoms with E-state index in [9.17, 15) is 0 Å². The summed E-state index contributed by atoms with van der Waals surface area (Å²) < 4.78 is 0. The predicted molar refractivity (Wildman–Crippen MR) is 105 cm³/mol. The molecular weight excluding hydrogens is 336 g/mol. The van der Waals surface area contributed by atoms with Crippen LogP contribution in [0.15, 0.2) is 18.6 Å². The zero-order valence-corrected chi connectivity index (χ0v) is 16.7. The number of nitrogens with zero attached hydrogens (tertiary/aromatic N) is 6. The van der Waals surface area contributed by atoms with Crippen LogP contribution in [0.5, 0.6) is 0 Å². The van der Waals surface area contributed by atoms with Crippen molar-refractivity contribution in [3.63, 3.8) is 0 Å². The first-order valence-electron chi connectivity index (χ1n) is 10.1. The van der Waals surface area contributed by atoms with Gasteiger partial charge in [0, 0.05) is 73.3 Å². The Balaban J connectivity index is 1.33. The highest BCUT2D eigenvalue weighted by Crippen LogP contribution is 2.27. The number of likely N-dealkylation sites (N-methyl/N-ethyl adjacent to an activating group) is 1. The Hall–Kier alpha value is -1.92. The van der Waals surface area contributed by atoms with Crippen molar-refractivity contribution in [3.05, 3.63) is 47.1 Å². The van der Waals surface area contributed by atoms with Gasteiger partial charge >= 0.3 is 0 Å². The molecule has 2 aromatic rings. The Morgan fingerprint density at radius 2 is 1.78 bits per heavy atom. The van der Waals surface area contributed by atoms with E-state index in [1.807, 2.05) is 12.4 Å². The van der Waals surface area contributed by atoms with Gasteiger partial charge in [-0.15, -0.1) is 0 Å². The van der Waals surface area contributed by atoms with E-state index in [4.69, 9.17) is 9.97 Å². The van der Waals surface area contributed by atoms with Crippen molar-refractivity contribution in [1.29, 1.82) is 0 Å². The van der Waals surface area contributed by atoms with Gasteiger partial charge in [-0.25, -0.2) is 19.9 Å². The van der Waals surface area contributed by atoms with Crippen LogP contribution >= 0.6 is 0 Å². The number of aromatic nitrogens is 4. The van der Waals surface area contributed by atoms with E-state index in [2.05, 4.69) is 46.9 Å². The van der Waals surface area contributed by atoms with E-state index >= 15 is 0 Å². The molecule has 0 unspecified atom stereocenters. The maximum absolute atomic E-state index is 4.93. The standard InChI is InChI=1S/C21H30N6/c1-15(2)20-22-10-16(11-23-20)13-27-8-4-17(5-9-27)21-24-12-18-14-26(3)7-6-19(18)25-21/h10-12,15,17H,4-9,13-14H2,1-3H3. The van der Waals surface area contributed by atoms with Gasteiger partial charge in [0.25, 0.3) is 0 Å². The van der Waals surface area contributed by atoms with Crippen LogP contribution in [0.3, 0.4) is 0 Å². The Morgan fingerprint density at radius 3 is 2.48 bits per heavy atom. The lowest BCUT2D eigenvalue weighted by molar-refractivity contribution is 0.201. The highest BCUT2D eigenvalue weighted by molar-refractivity contribution is 5.21. The molecule has 0 N–H and O–H groups in total. The molecule has 0 atom stereocenters. The topological polar surface area (TPSA) is 58.0 Å². The van der Waals surface area contributed by atoms with Gasteiger partial charge in [-0.05, 0) is 33.0 Å². The van der Waals surface area contributed by atoms with Crippen molar-refractivity contribution in [2.75, 3.05) is 26.7 Å². The normalized spacial score (nSPS) is 19.4. The van der Waals surface area contributed by atoms with Crippen molar-refractivity contribution in [2.24, 2.45) is 0 Å². The maximum atomic E-state index is 4.93. The summed E-state index contributed by atoms with van der Waals surface area (Å²) in [5.41, 5.74) is 3.77. The molecular formula is C21H30N6. The Kier molecular flexibility index (Phi) is 5.45. The van der Waals surface area contributed by atoms with Crippen LogP contribution < -0.4 is 0 Å². The average molecular weight is 367 g/mol. The first kappa shape index (κ1) is 18.4. The zero-order valence-electron chi connectivity index (χ0n) is 16.7. The van der Waals surface area contributed by atoms with Crippen LogP contribution in [0, 0.1) is 0 Å². The van der Waals surface area contributed by atoms with E-state index in [-0.39, 0.29) is 0 Å². The molecule has 1 saturated heterocycles. The van der Waals surface area contributed by atoms with E-state index in [0.717, 1.165) is 63.6 Å². The summed E-state index contributed by atoms with van der Waals surface area (Å²) in [6.07, 6.45) is 9.34. The fourth-order valence-corrected chi connectivity index (χ4v) is 4.02. The molecule has 2 aromatic heterocycles. The second kappa shape index (κ2) is 7.98. The lowest BCUT2D eigenvalue weighted by Gasteiger charge is -2.32. The smallest absolute Gasteiger partial charge is 0.131 e. The van der Waals surface area contributed by atoms with Crippen LogP contribution in [0.1, 0.15) is 67.0 Å². The SMILES string of the molecule is CC(C)c1ncc(CN2CCC(c3ncc4c(n3)CCN(C)C4)CC2)cn1. The summed E-state index contributed by atoms with van der Waals surface area (Å²) in [6, 6.07) is 0. The van der Waals surface area contributed by atoms with E-state index in [1.54, 1.807) is 0 Å².